The summed E-state index contributed by atoms with van der Waals surface area (Å²) in [6.45, 7) is 2.04. The highest BCUT2D eigenvalue weighted by molar-refractivity contribution is 7.57. The second-order valence-corrected chi connectivity index (χ2v) is 8.10. The Labute approximate surface area is 119 Å². The Balaban J connectivity index is 2.03. The number of nitrogens with one attached hydrogen (secondary N) is 2. The Hall–Kier alpha value is 0.690. The summed E-state index contributed by atoms with van der Waals surface area (Å²) < 4.78 is 14.8. The molecule has 2 N–H and O–H groups in total. The summed E-state index contributed by atoms with van der Waals surface area (Å²) in [5, 5.41) is 6.57. The highest BCUT2D eigenvalue weighted by atomic mass is 35.5. The molecule has 2 fully saturated rings. The van der Waals surface area contributed by atoms with Crippen molar-refractivity contribution in [1.29, 1.82) is 0 Å². The maximum Gasteiger partial charge on any atom is 0.281 e. The van der Waals surface area contributed by atoms with Gasteiger partial charge in [0.1, 0.15) is 0 Å². The van der Waals surface area contributed by atoms with Crippen molar-refractivity contribution in [2.24, 2.45) is 5.92 Å². The van der Waals surface area contributed by atoms with Gasteiger partial charge in [0, 0.05) is 37.4 Å². The Morgan fingerprint density at radius 3 is 2.50 bits per heavy atom. The predicted octanol–water partition coefficient (Wildman–Crippen LogP) is 2.63. The maximum atomic E-state index is 13.0. The lowest BCUT2D eigenvalue weighted by molar-refractivity contribution is 0.258. The second-order valence-electron chi connectivity index (χ2n) is 5.05. The number of hydrogen-bond donors (Lipinski definition) is 2. The highest BCUT2D eigenvalue weighted by Crippen LogP contribution is 2.46. The van der Waals surface area contributed by atoms with Gasteiger partial charge in [-0.2, -0.15) is 0 Å². The van der Waals surface area contributed by atoms with E-state index < -0.39 is 7.59 Å². The van der Waals surface area contributed by atoms with Gasteiger partial charge in [0.25, 0.3) is 7.59 Å². The third-order valence-corrected chi connectivity index (χ3v) is 6.73. The summed E-state index contributed by atoms with van der Waals surface area (Å²) in [7, 11) is -2.68. The van der Waals surface area contributed by atoms with Gasteiger partial charge in [0.15, 0.2) is 0 Å². The van der Waals surface area contributed by atoms with E-state index in [9.17, 15) is 4.57 Å². The van der Waals surface area contributed by atoms with Crippen LogP contribution in [0, 0.1) is 5.92 Å². The van der Waals surface area contributed by atoms with Gasteiger partial charge in [0.05, 0.1) is 0 Å². The van der Waals surface area contributed by atoms with Crippen LogP contribution in [0.4, 0.5) is 0 Å². The van der Waals surface area contributed by atoms with Crippen molar-refractivity contribution in [1.82, 2.24) is 14.8 Å². The normalized spacial score (nSPS) is 36.6. The van der Waals surface area contributed by atoms with E-state index in [1.165, 1.54) is 19.3 Å². The van der Waals surface area contributed by atoms with Gasteiger partial charge in [-0.05, 0) is 18.8 Å². The quantitative estimate of drug-likeness (QED) is 0.605. The SMILES string of the molecule is O=[P@@]1(N(CCCl)CCCl)NC[C@H]2CCCC[C@H]2N1. The Kier molecular flexibility index (Phi) is 5.80. The van der Waals surface area contributed by atoms with Crippen molar-refractivity contribution in [2.75, 3.05) is 31.4 Å². The van der Waals surface area contributed by atoms with Gasteiger partial charge < -0.3 is 0 Å². The molecule has 2 rings (SSSR count). The van der Waals surface area contributed by atoms with Crippen LogP contribution in [0.5, 0.6) is 0 Å². The molecule has 1 saturated carbocycles. The van der Waals surface area contributed by atoms with Gasteiger partial charge in [-0.1, -0.05) is 12.8 Å². The maximum absolute atomic E-state index is 13.0. The number of rotatable bonds is 5. The van der Waals surface area contributed by atoms with E-state index >= 15 is 0 Å². The van der Waals surface area contributed by atoms with Crippen LogP contribution in [-0.4, -0.2) is 42.1 Å². The number of hydrogen-bond acceptors (Lipinski definition) is 1. The van der Waals surface area contributed by atoms with Crippen LogP contribution in [0.2, 0.25) is 0 Å². The number of alkyl halides is 2. The molecule has 106 valence electrons. The van der Waals surface area contributed by atoms with Gasteiger partial charge in [-0.25, -0.2) is 14.8 Å². The molecule has 0 spiro atoms. The van der Waals surface area contributed by atoms with Crippen molar-refractivity contribution in [2.45, 2.75) is 31.7 Å². The molecule has 0 bridgehead atoms. The van der Waals surface area contributed by atoms with Crippen LogP contribution < -0.4 is 10.2 Å². The zero-order valence-electron chi connectivity index (χ0n) is 10.6. The first-order chi connectivity index (χ1) is 8.69. The predicted molar refractivity (Wildman–Crippen MR) is 77.5 cm³/mol. The minimum absolute atomic E-state index is 0.388. The van der Waals surface area contributed by atoms with E-state index in [0.29, 0.717) is 36.8 Å². The lowest BCUT2D eigenvalue weighted by Crippen LogP contribution is -2.52. The molecule has 1 aliphatic heterocycles. The van der Waals surface area contributed by atoms with E-state index in [2.05, 4.69) is 10.2 Å². The van der Waals surface area contributed by atoms with Crippen molar-refractivity contribution in [3.8, 4) is 0 Å². The summed E-state index contributed by atoms with van der Waals surface area (Å²) in [6, 6.07) is 0.388. The molecule has 1 heterocycles. The lowest BCUT2D eigenvalue weighted by atomic mass is 9.85. The van der Waals surface area contributed by atoms with Crippen molar-refractivity contribution >= 4 is 30.8 Å². The fourth-order valence-electron chi connectivity index (χ4n) is 2.90. The summed E-state index contributed by atoms with van der Waals surface area (Å²) in [5.74, 6) is 1.56. The molecule has 0 amide bonds. The lowest BCUT2D eigenvalue weighted by Gasteiger charge is -2.44. The summed E-state index contributed by atoms with van der Waals surface area (Å²) in [5.41, 5.74) is 0. The summed E-state index contributed by atoms with van der Waals surface area (Å²) in [6.07, 6.45) is 4.89. The zero-order valence-corrected chi connectivity index (χ0v) is 13.0. The van der Waals surface area contributed by atoms with E-state index in [-0.39, 0.29) is 0 Å². The van der Waals surface area contributed by atoms with Crippen molar-refractivity contribution in [3.05, 3.63) is 0 Å². The monoisotopic (exact) mass is 313 g/mol. The fraction of sp³-hybridized carbons (Fsp3) is 1.00. The van der Waals surface area contributed by atoms with E-state index in [4.69, 9.17) is 23.2 Å². The largest absolute Gasteiger partial charge is 0.281 e. The summed E-state index contributed by atoms with van der Waals surface area (Å²) in [4.78, 5) is 0. The molecule has 4 nitrogen and oxygen atoms in total. The molecule has 18 heavy (non-hydrogen) atoms. The Morgan fingerprint density at radius 2 is 1.83 bits per heavy atom. The van der Waals surface area contributed by atoms with Crippen molar-refractivity contribution in [3.63, 3.8) is 0 Å². The smallest absolute Gasteiger partial charge is 0.271 e. The van der Waals surface area contributed by atoms with Crippen LogP contribution in [0.1, 0.15) is 25.7 Å². The topological polar surface area (TPSA) is 44.4 Å². The fourth-order valence-corrected chi connectivity index (χ4v) is 6.04. The third-order valence-electron chi connectivity index (χ3n) is 3.90. The molecular weight excluding hydrogens is 292 g/mol. The van der Waals surface area contributed by atoms with Gasteiger partial charge in [-0.3, -0.25) is 4.57 Å². The minimum atomic E-state index is -2.68. The van der Waals surface area contributed by atoms with E-state index in [1.807, 2.05) is 4.67 Å². The molecule has 0 unspecified atom stereocenters. The standard InChI is InChI=1S/C11H22Cl2N3OP/c12-5-7-16(8-6-13)18(17)14-9-10-3-1-2-4-11(10)15-18/h10-11H,1-9H2,(H2,14,15,17)/t10-,11-,18+/m1/s1. The first-order valence-corrected chi connectivity index (χ1v) is 9.43. The number of fused-ring (bicyclic) bond motifs is 1. The minimum Gasteiger partial charge on any atom is -0.271 e. The molecule has 1 saturated heterocycles. The van der Waals surface area contributed by atoms with Crippen LogP contribution >= 0.6 is 30.8 Å². The van der Waals surface area contributed by atoms with Gasteiger partial charge >= 0.3 is 0 Å². The molecule has 2 aliphatic rings. The van der Waals surface area contributed by atoms with Crippen LogP contribution in [0.15, 0.2) is 0 Å². The van der Waals surface area contributed by atoms with Crippen LogP contribution in [0.25, 0.3) is 0 Å². The third kappa shape index (κ3) is 3.41. The van der Waals surface area contributed by atoms with Gasteiger partial charge in [0.2, 0.25) is 0 Å². The highest BCUT2D eigenvalue weighted by Gasteiger charge is 2.40. The molecule has 0 aromatic heterocycles. The average molecular weight is 314 g/mol. The number of halogens is 2. The Bertz CT molecular complexity index is 313. The van der Waals surface area contributed by atoms with Crippen molar-refractivity contribution < 1.29 is 4.57 Å². The van der Waals surface area contributed by atoms with E-state index in [0.717, 1.165) is 13.0 Å². The first-order valence-electron chi connectivity index (χ1n) is 6.70. The van der Waals surface area contributed by atoms with E-state index in [1.54, 1.807) is 0 Å². The molecule has 0 aromatic rings. The molecule has 0 radical (unpaired) electrons. The molecular formula is C11H22Cl2N3OP. The number of nitrogens with zero attached hydrogens (tertiary/aromatic N) is 1. The second kappa shape index (κ2) is 6.92. The van der Waals surface area contributed by atoms with Crippen LogP contribution in [-0.2, 0) is 4.57 Å². The molecule has 7 heteroatoms. The molecule has 3 atom stereocenters. The van der Waals surface area contributed by atoms with Crippen LogP contribution in [0.3, 0.4) is 0 Å². The molecule has 1 aliphatic carbocycles. The first kappa shape index (κ1) is 15.1. The van der Waals surface area contributed by atoms with Gasteiger partial charge in [-0.15, -0.1) is 23.2 Å². The summed E-state index contributed by atoms with van der Waals surface area (Å²) >= 11 is 11.6. The average Bonchev–Trinajstić information content (AvgIpc) is 2.38. The Morgan fingerprint density at radius 1 is 1.17 bits per heavy atom. The molecule has 0 aromatic carbocycles. The zero-order chi connectivity index (χ0) is 13.0.